The lowest BCUT2D eigenvalue weighted by atomic mass is 9.87. The van der Waals surface area contributed by atoms with E-state index in [-0.39, 0.29) is 17.0 Å². The smallest absolute Gasteiger partial charge is 0.171 e. The number of Topliss-reactive ketones (excluding diaryl/α,β-unsaturated/α-hetero) is 1. The summed E-state index contributed by atoms with van der Waals surface area (Å²) in [6.45, 7) is 12.4. The molecule has 1 saturated heterocycles. The van der Waals surface area contributed by atoms with Gasteiger partial charge < -0.3 is 14.6 Å². The van der Waals surface area contributed by atoms with Crippen LogP contribution in [-0.4, -0.2) is 60.9 Å². The van der Waals surface area contributed by atoms with E-state index in [1.807, 2.05) is 32.9 Å². The van der Waals surface area contributed by atoms with Crippen molar-refractivity contribution in [1.82, 2.24) is 15.0 Å². The first-order valence-electron chi connectivity index (χ1n) is 12.3. The molecule has 0 aliphatic carbocycles. The molecule has 1 aromatic carbocycles. The maximum absolute atomic E-state index is 13.0. The minimum atomic E-state index is -3.04. The van der Waals surface area contributed by atoms with E-state index in [1.165, 1.54) is 6.26 Å². The number of hydrogen-bond donors (Lipinski definition) is 1. The van der Waals surface area contributed by atoms with Crippen LogP contribution in [0.25, 0.3) is 22.4 Å². The quantitative estimate of drug-likeness (QED) is 0.338. The van der Waals surface area contributed by atoms with E-state index in [0.717, 1.165) is 30.8 Å². The molecule has 4 rings (SSSR count). The second-order valence-electron chi connectivity index (χ2n) is 11.6. The molecule has 1 aliphatic heterocycles. The third-order valence-electron chi connectivity index (χ3n) is 6.46. The Balaban J connectivity index is 1.71. The van der Waals surface area contributed by atoms with Crippen molar-refractivity contribution in [2.75, 3.05) is 36.6 Å². The Labute approximate surface area is 213 Å². The molecular formula is C27H36N4O4S. The second kappa shape index (κ2) is 9.50. The van der Waals surface area contributed by atoms with Crippen molar-refractivity contribution in [1.29, 1.82) is 0 Å². The van der Waals surface area contributed by atoms with Crippen molar-refractivity contribution in [3.05, 3.63) is 36.2 Å². The number of ether oxygens (including phenoxy) is 1. The molecule has 1 fully saturated rings. The number of hydrogen-bond acceptors (Lipinski definition) is 7. The Morgan fingerprint density at radius 3 is 2.61 bits per heavy atom. The van der Waals surface area contributed by atoms with Crippen molar-refractivity contribution in [2.24, 2.45) is 10.8 Å². The number of nitrogens with one attached hydrogen (secondary N) is 1. The van der Waals surface area contributed by atoms with Gasteiger partial charge in [0.1, 0.15) is 21.1 Å². The van der Waals surface area contributed by atoms with Crippen LogP contribution in [0.1, 0.15) is 57.8 Å². The summed E-state index contributed by atoms with van der Waals surface area (Å²) in [5.41, 5.74) is 3.84. The van der Waals surface area contributed by atoms with Crippen molar-refractivity contribution in [2.45, 2.75) is 47.5 Å². The fraction of sp³-hybridized carbons (Fsp3) is 0.519. The molecule has 0 radical (unpaired) electrons. The van der Waals surface area contributed by atoms with E-state index in [1.54, 1.807) is 12.4 Å². The molecule has 0 saturated carbocycles. The monoisotopic (exact) mass is 512 g/mol. The van der Waals surface area contributed by atoms with Gasteiger partial charge in [-0.1, -0.05) is 34.6 Å². The molecule has 0 bridgehead atoms. The van der Waals surface area contributed by atoms with Crippen LogP contribution in [0.3, 0.4) is 0 Å². The summed E-state index contributed by atoms with van der Waals surface area (Å²) in [6.07, 6.45) is 6.12. The highest BCUT2D eigenvalue weighted by Gasteiger charge is 2.30. The van der Waals surface area contributed by atoms with Crippen LogP contribution < -0.4 is 9.64 Å². The highest BCUT2D eigenvalue weighted by Crippen LogP contribution is 2.37. The lowest BCUT2D eigenvalue weighted by Gasteiger charge is -2.23. The van der Waals surface area contributed by atoms with Gasteiger partial charge in [-0.3, -0.25) is 4.79 Å². The van der Waals surface area contributed by atoms with E-state index in [0.29, 0.717) is 41.2 Å². The maximum atomic E-state index is 13.0. The summed E-state index contributed by atoms with van der Waals surface area (Å²) < 4.78 is 29.0. The molecule has 36 heavy (non-hydrogen) atoms. The number of aromatic nitrogens is 3. The lowest BCUT2D eigenvalue weighted by Crippen LogP contribution is -2.22. The SMILES string of the molecule is CC1(C)CCN(c2cc(OCCCS(C)(=O)=O)cc(-c3cnc4[nH]cc(C(=O)C(C)(C)C)c4n3)c2)C1. The summed E-state index contributed by atoms with van der Waals surface area (Å²) in [7, 11) is -3.04. The van der Waals surface area contributed by atoms with E-state index >= 15 is 0 Å². The topological polar surface area (TPSA) is 105 Å². The molecule has 8 nitrogen and oxygen atoms in total. The lowest BCUT2D eigenvalue weighted by molar-refractivity contribution is 0.0860. The number of carbonyl (C=O) groups is 1. The number of carbonyl (C=O) groups excluding carboxylic acids is 1. The van der Waals surface area contributed by atoms with E-state index in [2.05, 4.69) is 34.8 Å². The first-order valence-corrected chi connectivity index (χ1v) is 14.4. The molecule has 1 aliphatic rings. The summed E-state index contributed by atoms with van der Waals surface area (Å²) >= 11 is 0. The van der Waals surface area contributed by atoms with Gasteiger partial charge in [-0.05, 0) is 30.4 Å². The van der Waals surface area contributed by atoms with Gasteiger partial charge in [0.25, 0.3) is 0 Å². The second-order valence-corrected chi connectivity index (χ2v) is 13.9. The van der Waals surface area contributed by atoms with Gasteiger partial charge in [-0.25, -0.2) is 18.4 Å². The molecule has 2 aromatic heterocycles. The highest BCUT2D eigenvalue weighted by molar-refractivity contribution is 7.90. The predicted molar refractivity (Wildman–Crippen MR) is 144 cm³/mol. The Kier molecular flexibility index (Phi) is 6.90. The standard InChI is InChI=1S/C27H36N4O4S/c1-26(2,3)24(32)21-15-28-25-23(21)30-22(16-29-25)18-12-19(31-9-8-27(4,5)17-31)14-20(13-18)35-10-7-11-36(6,33)34/h12-16H,7-11,17H2,1-6H3,(H,28,29). The Bertz CT molecular complexity index is 1390. The van der Waals surface area contributed by atoms with Crippen molar-refractivity contribution in [3.8, 4) is 17.0 Å². The Morgan fingerprint density at radius 2 is 1.97 bits per heavy atom. The van der Waals surface area contributed by atoms with Gasteiger partial charge in [-0.2, -0.15) is 0 Å². The van der Waals surface area contributed by atoms with Crippen LogP contribution in [0.4, 0.5) is 5.69 Å². The number of nitrogens with zero attached hydrogens (tertiary/aromatic N) is 3. The largest absolute Gasteiger partial charge is 0.493 e. The van der Waals surface area contributed by atoms with Crippen LogP contribution in [0.2, 0.25) is 0 Å². The third kappa shape index (κ3) is 6.06. The fourth-order valence-electron chi connectivity index (χ4n) is 4.45. The molecule has 0 amide bonds. The number of H-pyrrole nitrogens is 1. The molecular weight excluding hydrogens is 476 g/mol. The van der Waals surface area contributed by atoms with Crippen molar-refractivity contribution < 1.29 is 17.9 Å². The Hall–Kier alpha value is -2.94. The molecule has 1 N–H and O–H groups in total. The zero-order valence-corrected chi connectivity index (χ0v) is 22.8. The molecule has 9 heteroatoms. The van der Waals surface area contributed by atoms with Gasteiger partial charge in [-0.15, -0.1) is 0 Å². The molecule has 0 atom stereocenters. The number of aromatic amines is 1. The molecule has 0 spiro atoms. The van der Waals surface area contributed by atoms with Gasteiger partial charge in [0.2, 0.25) is 0 Å². The first kappa shape index (κ1) is 26.1. The fourth-order valence-corrected chi connectivity index (χ4v) is 5.09. The average Bonchev–Trinajstić information content (AvgIpc) is 3.37. The number of rotatable bonds is 8. The van der Waals surface area contributed by atoms with Gasteiger partial charge >= 0.3 is 0 Å². The number of benzene rings is 1. The van der Waals surface area contributed by atoms with Crippen molar-refractivity contribution >= 4 is 32.5 Å². The van der Waals surface area contributed by atoms with E-state index in [9.17, 15) is 13.2 Å². The number of anilines is 1. The van der Waals surface area contributed by atoms with Crippen LogP contribution in [-0.2, 0) is 9.84 Å². The summed E-state index contributed by atoms with van der Waals surface area (Å²) in [4.78, 5) is 27.8. The summed E-state index contributed by atoms with van der Waals surface area (Å²) in [5, 5.41) is 0. The van der Waals surface area contributed by atoms with E-state index in [4.69, 9.17) is 9.72 Å². The van der Waals surface area contributed by atoms with Gasteiger partial charge in [0.15, 0.2) is 11.4 Å². The summed E-state index contributed by atoms with van der Waals surface area (Å²) in [5.74, 6) is 0.742. The number of fused-ring (bicyclic) bond motifs is 1. The predicted octanol–water partition coefficient (Wildman–Crippen LogP) is 4.90. The maximum Gasteiger partial charge on any atom is 0.171 e. The normalized spacial score (nSPS) is 16.0. The highest BCUT2D eigenvalue weighted by atomic mass is 32.2. The third-order valence-corrected chi connectivity index (χ3v) is 7.49. The van der Waals surface area contributed by atoms with Gasteiger partial charge in [0.05, 0.1) is 29.8 Å². The number of sulfone groups is 1. The minimum absolute atomic E-state index is 0.00291. The molecule has 0 unspecified atom stereocenters. The van der Waals surface area contributed by atoms with Crippen molar-refractivity contribution in [3.63, 3.8) is 0 Å². The minimum Gasteiger partial charge on any atom is -0.493 e. The van der Waals surface area contributed by atoms with Crippen LogP contribution in [0.15, 0.2) is 30.6 Å². The zero-order chi connectivity index (χ0) is 26.3. The van der Waals surface area contributed by atoms with E-state index < -0.39 is 15.3 Å². The molecule has 3 heterocycles. The molecule has 194 valence electrons. The average molecular weight is 513 g/mol. The van der Waals surface area contributed by atoms with Crippen LogP contribution >= 0.6 is 0 Å². The van der Waals surface area contributed by atoms with Crippen LogP contribution in [0.5, 0.6) is 5.75 Å². The Morgan fingerprint density at radius 1 is 1.22 bits per heavy atom. The molecule has 3 aromatic rings. The summed E-state index contributed by atoms with van der Waals surface area (Å²) in [6, 6.07) is 5.99. The zero-order valence-electron chi connectivity index (χ0n) is 22.0. The van der Waals surface area contributed by atoms with Crippen LogP contribution in [0, 0.1) is 10.8 Å². The first-order chi connectivity index (χ1) is 16.7. The number of ketones is 1. The van der Waals surface area contributed by atoms with Gasteiger partial charge in [0, 0.05) is 48.3 Å².